The smallest absolute Gasteiger partial charge is 0.264 e. The first-order chi connectivity index (χ1) is 10.3. The van der Waals surface area contributed by atoms with Crippen LogP contribution in [-0.2, 0) is 0 Å². The number of piperidine rings is 1. The summed E-state index contributed by atoms with van der Waals surface area (Å²) in [5, 5.41) is 16.7. The number of hydrogen-bond acceptors (Lipinski definition) is 6. The Balaban J connectivity index is 1.75. The summed E-state index contributed by atoms with van der Waals surface area (Å²) in [6.07, 6.45) is 2.38. The van der Waals surface area contributed by atoms with Gasteiger partial charge < -0.3 is 10.2 Å². The predicted octanol–water partition coefficient (Wildman–Crippen LogP) is -0.00920. The van der Waals surface area contributed by atoms with Crippen molar-refractivity contribution in [3.63, 3.8) is 0 Å². The van der Waals surface area contributed by atoms with Gasteiger partial charge in [0.1, 0.15) is 5.69 Å². The minimum atomic E-state index is -0.232. The molecule has 0 radical (unpaired) electrons. The van der Waals surface area contributed by atoms with Gasteiger partial charge in [0.05, 0.1) is 0 Å². The van der Waals surface area contributed by atoms with E-state index in [2.05, 4.69) is 35.6 Å². The molecule has 1 atom stereocenters. The Labute approximate surface area is 122 Å². The van der Waals surface area contributed by atoms with Crippen LogP contribution in [0.25, 0.3) is 11.5 Å². The molecular formula is C13H19N7O. The first-order valence-corrected chi connectivity index (χ1v) is 7.14. The van der Waals surface area contributed by atoms with E-state index in [0.29, 0.717) is 23.4 Å². The molecule has 3 rings (SSSR count). The van der Waals surface area contributed by atoms with Crippen LogP contribution in [0.15, 0.2) is 16.9 Å². The van der Waals surface area contributed by atoms with Crippen molar-refractivity contribution in [2.75, 3.05) is 31.6 Å². The number of anilines is 1. The molecule has 2 aromatic rings. The van der Waals surface area contributed by atoms with E-state index >= 15 is 0 Å². The second-order valence-corrected chi connectivity index (χ2v) is 5.30. The largest absolute Gasteiger partial charge is 0.339 e. The van der Waals surface area contributed by atoms with Crippen molar-refractivity contribution in [1.29, 1.82) is 0 Å². The van der Waals surface area contributed by atoms with Crippen LogP contribution < -0.4 is 15.8 Å². The summed E-state index contributed by atoms with van der Waals surface area (Å²) in [4.78, 5) is 17.7. The molecule has 1 fully saturated rings. The highest BCUT2D eigenvalue weighted by atomic mass is 16.1. The quantitative estimate of drug-likeness (QED) is 0.731. The van der Waals surface area contributed by atoms with Crippen molar-refractivity contribution in [3.8, 4) is 11.5 Å². The molecular weight excluding hydrogens is 270 g/mol. The summed E-state index contributed by atoms with van der Waals surface area (Å²) in [5.74, 6) is 1.88. The van der Waals surface area contributed by atoms with Gasteiger partial charge in [-0.25, -0.2) is 5.10 Å². The molecule has 0 amide bonds. The van der Waals surface area contributed by atoms with Gasteiger partial charge in [0, 0.05) is 19.2 Å². The van der Waals surface area contributed by atoms with Crippen molar-refractivity contribution in [1.82, 2.24) is 30.7 Å². The molecule has 3 heterocycles. The summed E-state index contributed by atoms with van der Waals surface area (Å²) in [7, 11) is 1.98. The van der Waals surface area contributed by atoms with Crippen molar-refractivity contribution >= 4 is 5.95 Å². The van der Waals surface area contributed by atoms with Crippen LogP contribution in [0, 0.1) is 5.92 Å². The van der Waals surface area contributed by atoms with E-state index in [9.17, 15) is 4.79 Å². The lowest BCUT2D eigenvalue weighted by molar-refractivity contribution is 0.399. The van der Waals surface area contributed by atoms with Crippen LogP contribution >= 0.6 is 0 Å². The molecule has 0 aliphatic carbocycles. The van der Waals surface area contributed by atoms with Crippen LogP contribution in [0.4, 0.5) is 5.95 Å². The third-order valence-electron chi connectivity index (χ3n) is 3.69. The summed E-state index contributed by atoms with van der Waals surface area (Å²) < 4.78 is 0. The Morgan fingerprint density at radius 3 is 3.05 bits per heavy atom. The van der Waals surface area contributed by atoms with E-state index in [0.717, 1.165) is 26.1 Å². The van der Waals surface area contributed by atoms with Gasteiger partial charge in [-0.15, -0.1) is 5.10 Å². The summed E-state index contributed by atoms with van der Waals surface area (Å²) in [6, 6.07) is 3.05. The number of hydrogen-bond donors (Lipinski definition) is 3. The maximum Gasteiger partial charge on any atom is 0.264 e. The summed E-state index contributed by atoms with van der Waals surface area (Å²) >= 11 is 0. The van der Waals surface area contributed by atoms with Crippen molar-refractivity contribution < 1.29 is 0 Å². The molecule has 21 heavy (non-hydrogen) atoms. The Morgan fingerprint density at radius 1 is 1.38 bits per heavy atom. The highest BCUT2D eigenvalue weighted by molar-refractivity contribution is 5.50. The minimum Gasteiger partial charge on any atom is -0.339 e. The zero-order valence-corrected chi connectivity index (χ0v) is 12.0. The third kappa shape index (κ3) is 3.10. The molecule has 0 bridgehead atoms. The number of H-pyrrole nitrogens is 2. The van der Waals surface area contributed by atoms with Gasteiger partial charge in [-0.2, -0.15) is 10.1 Å². The molecule has 1 aliphatic rings. The predicted molar refractivity (Wildman–Crippen MR) is 79.1 cm³/mol. The SMILES string of the molecule is CNCC1CCCN(c2n[nH]c(-c3ccc(=O)[nH]n3)n2)C1. The molecule has 1 aliphatic heterocycles. The van der Waals surface area contributed by atoms with E-state index in [1.165, 1.54) is 12.5 Å². The van der Waals surface area contributed by atoms with Gasteiger partial charge in [-0.3, -0.25) is 9.89 Å². The van der Waals surface area contributed by atoms with E-state index in [-0.39, 0.29) is 5.56 Å². The van der Waals surface area contributed by atoms with Gasteiger partial charge in [0.25, 0.3) is 5.56 Å². The first kappa shape index (κ1) is 13.7. The molecule has 8 heteroatoms. The molecule has 2 aromatic heterocycles. The normalized spacial score (nSPS) is 18.9. The first-order valence-electron chi connectivity index (χ1n) is 7.14. The second-order valence-electron chi connectivity index (χ2n) is 5.30. The van der Waals surface area contributed by atoms with E-state index in [1.807, 2.05) is 7.05 Å². The van der Waals surface area contributed by atoms with E-state index in [1.54, 1.807) is 6.07 Å². The van der Waals surface area contributed by atoms with Gasteiger partial charge in [-0.05, 0) is 38.4 Å². The van der Waals surface area contributed by atoms with Gasteiger partial charge in [0.15, 0.2) is 5.82 Å². The van der Waals surface area contributed by atoms with Gasteiger partial charge in [0.2, 0.25) is 5.95 Å². The number of rotatable bonds is 4. The Kier molecular flexibility index (Phi) is 3.96. The third-order valence-corrected chi connectivity index (χ3v) is 3.69. The average Bonchev–Trinajstić information content (AvgIpc) is 2.98. The topological polar surface area (TPSA) is 103 Å². The number of nitrogens with zero attached hydrogens (tertiary/aromatic N) is 4. The van der Waals surface area contributed by atoms with Crippen molar-refractivity contribution in [2.45, 2.75) is 12.8 Å². The fraction of sp³-hybridized carbons (Fsp3) is 0.538. The number of nitrogens with one attached hydrogen (secondary N) is 3. The minimum absolute atomic E-state index is 0.232. The number of aromatic amines is 2. The summed E-state index contributed by atoms with van der Waals surface area (Å²) in [6.45, 7) is 2.93. The lowest BCUT2D eigenvalue weighted by Crippen LogP contribution is -2.39. The van der Waals surface area contributed by atoms with Crippen molar-refractivity contribution in [3.05, 3.63) is 22.5 Å². The second kappa shape index (κ2) is 6.04. The van der Waals surface area contributed by atoms with Crippen molar-refractivity contribution in [2.24, 2.45) is 5.92 Å². The van der Waals surface area contributed by atoms with Crippen LogP contribution in [0.3, 0.4) is 0 Å². The van der Waals surface area contributed by atoms with Crippen LogP contribution in [0.2, 0.25) is 0 Å². The fourth-order valence-electron chi connectivity index (χ4n) is 2.69. The fourth-order valence-corrected chi connectivity index (χ4v) is 2.69. The van der Waals surface area contributed by atoms with Gasteiger partial charge >= 0.3 is 0 Å². The highest BCUT2D eigenvalue weighted by Crippen LogP contribution is 2.21. The standard InChI is InChI=1S/C13H19N7O/c1-14-7-9-3-2-6-20(8-9)13-15-12(18-19-13)10-4-5-11(21)17-16-10/h4-5,9,14H,2-3,6-8H2,1H3,(H,17,21)(H,15,18,19). The molecule has 3 N–H and O–H groups in total. The molecule has 1 saturated heterocycles. The molecule has 0 aromatic carbocycles. The Bertz CT molecular complexity index is 627. The molecule has 8 nitrogen and oxygen atoms in total. The van der Waals surface area contributed by atoms with Crippen LogP contribution in [-0.4, -0.2) is 52.1 Å². The van der Waals surface area contributed by atoms with Gasteiger partial charge in [-0.1, -0.05) is 0 Å². The maximum atomic E-state index is 11.0. The maximum absolute atomic E-state index is 11.0. The van der Waals surface area contributed by atoms with Crippen LogP contribution in [0.1, 0.15) is 12.8 Å². The lowest BCUT2D eigenvalue weighted by atomic mass is 9.98. The van der Waals surface area contributed by atoms with E-state index in [4.69, 9.17) is 0 Å². The molecule has 0 saturated carbocycles. The summed E-state index contributed by atoms with van der Waals surface area (Å²) in [5.41, 5.74) is 0.349. The Morgan fingerprint density at radius 2 is 2.29 bits per heavy atom. The number of aromatic nitrogens is 5. The zero-order chi connectivity index (χ0) is 14.7. The van der Waals surface area contributed by atoms with Crippen LogP contribution in [0.5, 0.6) is 0 Å². The monoisotopic (exact) mass is 289 g/mol. The Hall–Kier alpha value is -2.22. The molecule has 112 valence electrons. The molecule has 1 unspecified atom stereocenters. The zero-order valence-electron chi connectivity index (χ0n) is 12.0. The molecule has 0 spiro atoms. The van der Waals surface area contributed by atoms with E-state index < -0.39 is 0 Å². The average molecular weight is 289 g/mol. The lowest BCUT2D eigenvalue weighted by Gasteiger charge is -2.31. The highest BCUT2D eigenvalue weighted by Gasteiger charge is 2.22.